The fourth-order valence-corrected chi connectivity index (χ4v) is 9.00. The van der Waals surface area contributed by atoms with Crippen molar-refractivity contribution in [3.8, 4) is 11.6 Å². The van der Waals surface area contributed by atoms with E-state index in [1.165, 1.54) is 11.0 Å². The molecule has 2 aliphatic heterocycles. The van der Waals surface area contributed by atoms with Crippen molar-refractivity contribution in [1.29, 1.82) is 0 Å². The molecule has 2 unspecified atom stereocenters. The summed E-state index contributed by atoms with van der Waals surface area (Å²) >= 11 is 0. The molecule has 6 rings (SSSR count). The average Bonchev–Trinajstić information content (AvgIpc) is 3.66. The first-order valence-electron chi connectivity index (χ1n) is 17.3. The summed E-state index contributed by atoms with van der Waals surface area (Å²) < 4.78 is 30.4. The molecule has 3 heterocycles. The molecule has 0 radical (unpaired) electrons. The molecule has 2 aliphatic carbocycles. The van der Waals surface area contributed by atoms with Gasteiger partial charge in [0.25, 0.3) is 0 Å². The first-order valence-corrected chi connectivity index (χ1v) is 18.9. The van der Waals surface area contributed by atoms with Crippen molar-refractivity contribution in [3.05, 3.63) is 42.6 Å². The van der Waals surface area contributed by atoms with E-state index in [9.17, 15) is 28.7 Å². The number of carbonyl (C=O) groups excluding carboxylic acids is 3. The van der Waals surface area contributed by atoms with Gasteiger partial charge < -0.3 is 39.5 Å². The highest BCUT2D eigenvalue weighted by Crippen LogP contribution is 2.67. The summed E-state index contributed by atoms with van der Waals surface area (Å²) in [6.07, 6.45) is 8.41. The van der Waals surface area contributed by atoms with Gasteiger partial charge in [-0.1, -0.05) is 32.3 Å². The first-order chi connectivity index (χ1) is 23.4. The van der Waals surface area contributed by atoms with E-state index in [4.69, 9.17) is 14.2 Å². The molecule has 4 aliphatic rings. The van der Waals surface area contributed by atoms with Gasteiger partial charge >= 0.3 is 13.7 Å². The highest BCUT2D eigenvalue weighted by Gasteiger charge is 2.66. The minimum atomic E-state index is -4.78. The maximum Gasteiger partial charge on any atom is 0.407 e. The third kappa shape index (κ3) is 7.30. The van der Waals surface area contributed by atoms with Gasteiger partial charge in [-0.05, 0) is 79.5 Å². The molecule has 6 atom stereocenters. The summed E-state index contributed by atoms with van der Waals surface area (Å²) in [4.78, 5) is 68.1. The van der Waals surface area contributed by atoms with E-state index in [0.717, 1.165) is 67.0 Å². The van der Waals surface area contributed by atoms with Crippen molar-refractivity contribution >= 4 is 36.3 Å². The van der Waals surface area contributed by atoms with Crippen LogP contribution < -0.4 is 20.1 Å². The summed E-state index contributed by atoms with van der Waals surface area (Å²) in [5.74, 6) is -0.780. The van der Waals surface area contributed by atoms with Crippen molar-refractivity contribution in [2.75, 3.05) is 20.3 Å². The second-order valence-corrected chi connectivity index (χ2v) is 16.0. The lowest BCUT2D eigenvalue weighted by molar-refractivity contribution is -0.141. The van der Waals surface area contributed by atoms with Crippen LogP contribution in [-0.2, 0) is 25.3 Å². The third-order valence-electron chi connectivity index (χ3n) is 10.7. The van der Waals surface area contributed by atoms with Crippen molar-refractivity contribution in [3.63, 3.8) is 0 Å². The number of nitrogens with zero attached hydrogens (tertiary/aromatic N) is 2. The Morgan fingerprint density at radius 1 is 1.20 bits per heavy atom. The number of benzene rings is 1. The number of nitrogens with one attached hydrogen (secondary N) is 2. The highest BCUT2D eigenvalue weighted by molar-refractivity contribution is 7.54. The number of hydrogen-bond acceptors (Lipinski definition) is 8. The van der Waals surface area contributed by atoms with E-state index in [1.807, 2.05) is 25.1 Å². The van der Waals surface area contributed by atoms with Gasteiger partial charge in [0.15, 0.2) is 0 Å². The summed E-state index contributed by atoms with van der Waals surface area (Å²) in [5, 5.41) is 5.30. The van der Waals surface area contributed by atoms with Gasteiger partial charge in [0.2, 0.25) is 17.7 Å². The fraction of sp³-hybridized carbons (Fsp3) is 0.600. The Morgan fingerprint density at radius 2 is 1.98 bits per heavy atom. The lowest BCUT2D eigenvalue weighted by Gasteiger charge is -2.34. The number of aryl methyl sites for hydroxylation is 1. The predicted molar refractivity (Wildman–Crippen MR) is 181 cm³/mol. The molecule has 0 spiro atoms. The number of fused-ring (bicyclic) bond motifs is 3. The van der Waals surface area contributed by atoms with Crippen LogP contribution in [0.15, 0.2) is 37.1 Å². The summed E-state index contributed by atoms with van der Waals surface area (Å²) in [7, 11) is -3.16. The molecule has 3 amide bonds. The zero-order valence-corrected chi connectivity index (χ0v) is 29.0. The molecule has 1 saturated heterocycles. The molecule has 3 fully saturated rings. The zero-order valence-electron chi connectivity index (χ0n) is 28.1. The Labute approximate surface area is 286 Å². The fourth-order valence-electron chi connectivity index (χ4n) is 7.77. The van der Waals surface area contributed by atoms with Crippen LogP contribution >= 0.6 is 7.60 Å². The Hall–Kier alpha value is -3.67. The van der Waals surface area contributed by atoms with Gasteiger partial charge in [0, 0.05) is 23.9 Å². The van der Waals surface area contributed by atoms with Crippen molar-refractivity contribution in [2.24, 2.45) is 17.8 Å². The van der Waals surface area contributed by atoms with Gasteiger partial charge in [-0.15, -0.1) is 6.58 Å². The topological polar surface area (TPSA) is 177 Å². The second-order valence-electron chi connectivity index (χ2n) is 14.1. The van der Waals surface area contributed by atoms with Crippen LogP contribution in [0.25, 0.3) is 10.8 Å². The van der Waals surface area contributed by atoms with Gasteiger partial charge in [-0.3, -0.25) is 14.2 Å². The van der Waals surface area contributed by atoms with Gasteiger partial charge in [-0.2, -0.15) is 0 Å². The minimum Gasteiger partial charge on any atom is -0.496 e. The summed E-state index contributed by atoms with van der Waals surface area (Å²) in [5.41, 5.74) is 0.972. The Morgan fingerprint density at radius 3 is 2.67 bits per heavy atom. The molecule has 13 nitrogen and oxygen atoms in total. The number of amides is 3. The largest absolute Gasteiger partial charge is 0.496 e. The van der Waals surface area contributed by atoms with Gasteiger partial charge in [-0.25, -0.2) is 9.78 Å². The van der Waals surface area contributed by atoms with Crippen LogP contribution in [0.2, 0.25) is 0 Å². The second kappa shape index (κ2) is 14.3. The van der Waals surface area contributed by atoms with E-state index in [-0.39, 0.29) is 37.8 Å². The van der Waals surface area contributed by atoms with Crippen LogP contribution in [-0.4, -0.2) is 81.3 Å². The van der Waals surface area contributed by atoms with Crippen LogP contribution in [0, 0.1) is 17.8 Å². The Balaban J connectivity index is 1.37. The number of alkyl carbamates (subject to hydrolysis) is 1. The Bertz CT molecular complexity index is 1640. The smallest absolute Gasteiger partial charge is 0.407 e. The molecule has 2 saturated carbocycles. The monoisotopic (exact) mass is 698 g/mol. The minimum absolute atomic E-state index is 0.00276. The average molecular weight is 699 g/mol. The van der Waals surface area contributed by atoms with Gasteiger partial charge in [0.05, 0.1) is 20.3 Å². The standard InChI is InChI=1S/C35H47N4O9P/c1-4-25-18-35(25,49(43,44)45)38-31(40)28-17-26-19-39(28)33(41)30(22-10-6-5-7-11-22)37-34(42)47-20-21(2)9-8-12-24-15-27-23(16-29(24)46-3)13-14-36-32(27)48-26/h4,13-16,21-22,25-26,28,30H,1,5-12,17-20H2,2-3H3,(H,37,42)(H,38,40)(H2,43,44,45)/t21-,25?,26-,28+,30+,35?/m1/s1. The predicted octanol–water partition coefficient (Wildman–Crippen LogP) is 4.44. The highest BCUT2D eigenvalue weighted by atomic mass is 31.2. The quantitative estimate of drug-likeness (QED) is 0.249. The SMILES string of the molecule is C=CC1CC1(NC(=O)[C@@H]1C[C@@H]2CN1C(=O)[C@H](C1CCCCC1)NC(=O)OC[C@H](C)CCCc1cc3c(nccc3cc1OC)O2)P(=O)(O)O. The Kier molecular flexibility index (Phi) is 10.3. The molecule has 4 bridgehead atoms. The number of carbonyl (C=O) groups is 3. The molecular formula is C35H47N4O9P. The zero-order chi connectivity index (χ0) is 34.9. The van der Waals surface area contributed by atoms with Gasteiger partial charge in [0.1, 0.15) is 29.2 Å². The summed E-state index contributed by atoms with van der Waals surface area (Å²) in [6, 6.07) is 3.74. The maximum absolute atomic E-state index is 14.5. The summed E-state index contributed by atoms with van der Waals surface area (Å²) in [6.45, 7) is 5.87. The molecule has 4 N–H and O–H groups in total. The number of ether oxygens (including phenoxy) is 3. The lowest BCUT2D eigenvalue weighted by Crippen LogP contribution is -2.57. The number of cyclic esters (lactones) is 1. The molecule has 1 aromatic carbocycles. The van der Waals surface area contributed by atoms with E-state index in [1.54, 1.807) is 13.3 Å². The molecule has 266 valence electrons. The van der Waals surface area contributed by atoms with Crippen LogP contribution in [0.5, 0.6) is 11.6 Å². The van der Waals surface area contributed by atoms with Crippen LogP contribution in [0.3, 0.4) is 0 Å². The van der Waals surface area contributed by atoms with Crippen molar-refractivity contribution in [1.82, 2.24) is 20.5 Å². The van der Waals surface area contributed by atoms with E-state index in [0.29, 0.717) is 12.3 Å². The third-order valence-corrected chi connectivity index (χ3v) is 12.4. The number of aromatic nitrogens is 1. The molecule has 49 heavy (non-hydrogen) atoms. The lowest BCUT2D eigenvalue weighted by atomic mass is 9.83. The van der Waals surface area contributed by atoms with Crippen LogP contribution in [0.1, 0.15) is 70.3 Å². The number of hydrogen-bond donors (Lipinski definition) is 4. The van der Waals surface area contributed by atoms with E-state index in [2.05, 4.69) is 22.2 Å². The number of methoxy groups -OCH3 is 1. The van der Waals surface area contributed by atoms with Crippen molar-refractivity contribution < 1.29 is 42.9 Å². The molecule has 14 heteroatoms. The van der Waals surface area contributed by atoms with Crippen LogP contribution in [0.4, 0.5) is 4.79 Å². The van der Waals surface area contributed by atoms with E-state index >= 15 is 0 Å². The molecular weight excluding hydrogens is 651 g/mol. The first kappa shape index (κ1) is 35.2. The van der Waals surface area contributed by atoms with Crippen molar-refractivity contribution in [2.45, 2.75) is 94.6 Å². The number of pyridine rings is 1. The normalized spacial score (nSPS) is 30.0. The molecule has 1 aromatic heterocycles. The molecule has 2 aromatic rings. The maximum atomic E-state index is 14.5. The number of rotatable bonds is 6. The van der Waals surface area contributed by atoms with E-state index < -0.39 is 54.9 Å².